The van der Waals surface area contributed by atoms with Gasteiger partial charge in [0, 0.05) is 32.7 Å². The lowest BCUT2D eigenvalue weighted by atomic mass is 10.2. The molecule has 2 N–H and O–H groups in total. The first-order valence-electron chi connectivity index (χ1n) is 6.48. The SMILES string of the molecule is CCNC(CCN1CCN(S(C)(=O)=O)CC1)C(=O)O. The normalized spacial score (nSPS) is 20.3. The number of carbonyl (C=O) groups is 1. The van der Waals surface area contributed by atoms with Gasteiger partial charge >= 0.3 is 5.97 Å². The number of nitrogens with one attached hydrogen (secondary N) is 1. The van der Waals surface area contributed by atoms with E-state index in [2.05, 4.69) is 10.2 Å². The molecule has 112 valence electrons. The Labute approximate surface area is 114 Å². The minimum absolute atomic E-state index is 0.484. The summed E-state index contributed by atoms with van der Waals surface area (Å²) >= 11 is 0. The van der Waals surface area contributed by atoms with Gasteiger partial charge in [-0.25, -0.2) is 8.42 Å². The van der Waals surface area contributed by atoms with Crippen LogP contribution >= 0.6 is 0 Å². The maximum Gasteiger partial charge on any atom is 0.320 e. The van der Waals surface area contributed by atoms with Crippen molar-refractivity contribution in [3.8, 4) is 0 Å². The summed E-state index contributed by atoms with van der Waals surface area (Å²) in [6.45, 7) is 5.45. The number of carboxylic acid groups (broad SMARTS) is 1. The van der Waals surface area contributed by atoms with E-state index < -0.39 is 22.0 Å². The highest BCUT2D eigenvalue weighted by Gasteiger charge is 2.24. The fraction of sp³-hybridized carbons (Fsp3) is 0.909. The second-order valence-electron chi connectivity index (χ2n) is 4.74. The first kappa shape index (κ1) is 16.4. The number of aliphatic carboxylic acids is 1. The molecule has 0 radical (unpaired) electrons. The Morgan fingerprint density at radius 3 is 2.32 bits per heavy atom. The van der Waals surface area contributed by atoms with Crippen LogP contribution in [0.2, 0.25) is 0 Å². The van der Waals surface area contributed by atoms with Crippen molar-refractivity contribution in [3.63, 3.8) is 0 Å². The van der Waals surface area contributed by atoms with Crippen molar-refractivity contribution < 1.29 is 18.3 Å². The molecule has 1 fully saturated rings. The summed E-state index contributed by atoms with van der Waals surface area (Å²) in [7, 11) is -3.10. The number of likely N-dealkylation sites (N-methyl/N-ethyl adjacent to an activating group) is 1. The number of sulfonamides is 1. The molecule has 0 bridgehead atoms. The summed E-state index contributed by atoms with van der Waals surface area (Å²) in [6, 6.07) is -0.530. The first-order chi connectivity index (χ1) is 8.84. The summed E-state index contributed by atoms with van der Waals surface area (Å²) in [5.41, 5.74) is 0. The van der Waals surface area contributed by atoms with Crippen LogP contribution < -0.4 is 5.32 Å². The van der Waals surface area contributed by atoms with Crippen molar-refractivity contribution in [2.45, 2.75) is 19.4 Å². The van der Waals surface area contributed by atoms with Gasteiger partial charge in [-0.2, -0.15) is 4.31 Å². The van der Waals surface area contributed by atoms with Crippen LogP contribution in [0.3, 0.4) is 0 Å². The van der Waals surface area contributed by atoms with E-state index in [1.807, 2.05) is 6.92 Å². The highest BCUT2D eigenvalue weighted by atomic mass is 32.2. The van der Waals surface area contributed by atoms with Crippen LogP contribution in [-0.4, -0.2) is 80.3 Å². The van der Waals surface area contributed by atoms with E-state index in [0.717, 1.165) is 0 Å². The molecule has 1 aliphatic heterocycles. The molecule has 0 aliphatic carbocycles. The van der Waals surface area contributed by atoms with Gasteiger partial charge in [0.2, 0.25) is 10.0 Å². The Balaban J connectivity index is 2.35. The third-order valence-electron chi connectivity index (χ3n) is 3.28. The van der Waals surface area contributed by atoms with E-state index in [9.17, 15) is 13.2 Å². The summed E-state index contributed by atoms with van der Waals surface area (Å²) < 4.78 is 24.2. The maximum absolute atomic E-state index is 11.4. The predicted molar refractivity (Wildman–Crippen MR) is 72.6 cm³/mol. The molecule has 0 aromatic carbocycles. The van der Waals surface area contributed by atoms with Crippen LogP contribution in [0.25, 0.3) is 0 Å². The molecular formula is C11H23N3O4S. The minimum atomic E-state index is -3.10. The number of nitrogens with zero attached hydrogens (tertiary/aromatic N) is 2. The van der Waals surface area contributed by atoms with Gasteiger partial charge in [-0.05, 0) is 13.0 Å². The van der Waals surface area contributed by atoms with E-state index in [1.54, 1.807) is 0 Å². The molecule has 1 saturated heterocycles. The molecule has 1 aliphatic rings. The van der Waals surface area contributed by atoms with Crippen molar-refractivity contribution in [1.82, 2.24) is 14.5 Å². The molecule has 0 saturated carbocycles. The van der Waals surface area contributed by atoms with Crippen molar-refractivity contribution in [3.05, 3.63) is 0 Å². The van der Waals surface area contributed by atoms with Gasteiger partial charge in [0.15, 0.2) is 0 Å². The quantitative estimate of drug-likeness (QED) is 0.627. The minimum Gasteiger partial charge on any atom is -0.480 e. The molecule has 0 spiro atoms. The summed E-state index contributed by atoms with van der Waals surface area (Å²) in [4.78, 5) is 13.1. The van der Waals surface area contributed by atoms with E-state index in [4.69, 9.17) is 5.11 Å². The summed E-state index contributed by atoms with van der Waals surface area (Å²) in [5, 5.41) is 11.9. The third kappa shape index (κ3) is 5.43. The standard InChI is InChI=1S/C11H23N3O4S/c1-3-12-10(11(15)16)4-5-13-6-8-14(9-7-13)19(2,17)18/h10,12H,3-9H2,1-2H3,(H,15,16). The van der Waals surface area contributed by atoms with E-state index in [1.165, 1.54) is 10.6 Å². The molecule has 1 heterocycles. The fourth-order valence-corrected chi connectivity index (χ4v) is 2.98. The largest absolute Gasteiger partial charge is 0.480 e. The molecule has 1 rings (SSSR count). The molecular weight excluding hydrogens is 270 g/mol. The molecule has 8 heteroatoms. The zero-order chi connectivity index (χ0) is 14.5. The van der Waals surface area contributed by atoms with Crippen LogP contribution in [-0.2, 0) is 14.8 Å². The van der Waals surface area contributed by atoms with Gasteiger partial charge in [0.05, 0.1) is 6.26 Å². The van der Waals surface area contributed by atoms with E-state index in [0.29, 0.717) is 45.7 Å². The second kappa shape index (κ2) is 7.18. The van der Waals surface area contributed by atoms with Crippen LogP contribution in [0.5, 0.6) is 0 Å². The Kier molecular flexibility index (Phi) is 6.18. The van der Waals surface area contributed by atoms with Crippen molar-refractivity contribution in [1.29, 1.82) is 0 Å². The van der Waals surface area contributed by atoms with Crippen molar-refractivity contribution >= 4 is 16.0 Å². The van der Waals surface area contributed by atoms with E-state index >= 15 is 0 Å². The van der Waals surface area contributed by atoms with Crippen LogP contribution in [0.15, 0.2) is 0 Å². The number of piperazine rings is 1. The predicted octanol–water partition coefficient (Wildman–Crippen LogP) is -0.984. The van der Waals surface area contributed by atoms with Crippen molar-refractivity contribution in [2.75, 3.05) is 45.5 Å². The molecule has 0 aromatic rings. The lowest BCUT2D eigenvalue weighted by molar-refractivity contribution is -0.139. The number of rotatable bonds is 7. The number of hydrogen-bond acceptors (Lipinski definition) is 5. The fourth-order valence-electron chi connectivity index (χ4n) is 2.16. The second-order valence-corrected chi connectivity index (χ2v) is 6.72. The van der Waals surface area contributed by atoms with Crippen LogP contribution in [0, 0.1) is 0 Å². The Morgan fingerprint density at radius 1 is 1.32 bits per heavy atom. The van der Waals surface area contributed by atoms with Gasteiger partial charge in [-0.15, -0.1) is 0 Å². The van der Waals surface area contributed by atoms with Crippen molar-refractivity contribution in [2.24, 2.45) is 0 Å². The van der Waals surface area contributed by atoms with Gasteiger partial charge < -0.3 is 15.3 Å². The summed E-state index contributed by atoms with van der Waals surface area (Å²) in [5.74, 6) is -0.836. The first-order valence-corrected chi connectivity index (χ1v) is 8.33. The Morgan fingerprint density at radius 2 is 1.89 bits per heavy atom. The van der Waals surface area contributed by atoms with Crippen LogP contribution in [0.1, 0.15) is 13.3 Å². The average molecular weight is 293 g/mol. The number of hydrogen-bond donors (Lipinski definition) is 2. The van der Waals surface area contributed by atoms with Gasteiger partial charge in [0.1, 0.15) is 6.04 Å². The molecule has 19 heavy (non-hydrogen) atoms. The van der Waals surface area contributed by atoms with E-state index in [-0.39, 0.29) is 0 Å². The third-order valence-corrected chi connectivity index (χ3v) is 4.59. The topological polar surface area (TPSA) is 90.0 Å². The Hall–Kier alpha value is -0.700. The maximum atomic E-state index is 11.4. The van der Waals surface area contributed by atoms with Gasteiger partial charge in [-0.1, -0.05) is 6.92 Å². The molecule has 0 amide bonds. The lowest BCUT2D eigenvalue weighted by Crippen LogP contribution is -2.49. The monoisotopic (exact) mass is 293 g/mol. The van der Waals surface area contributed by atoms with Crippen LogP contribution in [0.4, 0.5) is 0 Å². The molecule has 0 aromatic heterocycles. The van der Waals surface area contributed by atoms with Gasteiger partial charge in [0.25, 0.3) is 0 Å². The summed E-state index contributed by atoms with van der Waals surface area (Å²) in [6.07, 6.45) is 1.75. The highest BCUT2D eigenvalue weighted by molar-refractivity contribution is 7.88. The molecule has 7 nitrogen and oxygen atoms in total. The average Bonchev–Trinajstić information content (AvgIpc) is 2.33. The number of carboxylic acids is 1. The van der Waals surface area contributed by atoms with Gasteiger partial charge in [-0.3, -0.25) is 4.79 Å². The smallest absolute Gasteiger partial charge is 0.320 e. The Bertz CT molecular complexity index is 391. The molecule has 1 unspecified atom stereocenters. The zero-order valence-corrected chi connectivity index (χ0v) is 12.3. The lowest BCUT2D eigenvalue weighted by Gasteiger charge is -2.33. The highest BCUT2D eigenvalue weighted by Crippen LogP contribution is 2.07. The molecule has 1 atom stereocenters. The zero-order valence-electron chi connectivity index (χ0n) is 11.5.